The quantitative estimate of drug-likeness (QED) is 0.273. The van der Waals surface area contributed by atoms with Crippen molar-refractivity contribution in [1.82, 2.24) is 15.6 Å². The van der Waals surface area contributed by atoms with Gasteiger partial charge < -0.3 is 25.7 Å². The lowest BCUT2D eigenvalue weighted by Crippen LogP contribution is -2.37. The summed E-state index contributed by atoms with van der Waals surface area (Å²) < 4.78 is 5.28. The normalized spacial score (nSPS) is 10.6. The van der Waals surface area contributed by atoms with Gasteiger partial charge in [-0.1, -0.05) is 42.5 Å². The van der Waals surface area contributed by atoms with Gasteiger partial charge in [0, 0.05) is 30.2 Å². The fourth-order valence-electron chi connectivity index (χ4n) is 3.91. The zero-order chi connectivity index (χ0) is 25.3. The minimum atomic E-state index is -0.833. The number of methoxy groups -OCH3 is 1. The maximum atomic E-state index is 12.7. The third-order valence-corrected chi connectivity index (χ3v) is 5.82. The average molecular weight is 485 g/mol. The summed E-state index contributed by atoms with van der Waals surface area (Å²) in [7, 11) is 1.61. The van der Waals surface area contributed by atoms with E-state index < -0.39 is 11.8 Å². The lowest BCUT2D eigenvalue weighted by Gasteiger charge is -2.11. The molecule has 4 rings (SSSR count). The Labute approximate surface area is 209 Å². The van der Waals surface area contributed by atoms with Crippen molar-refractivity contribution in [3.05, 3.63) is 95.7 Å². The van der Waals surface area contributed by atoms with E-state index in [-0.39, 0.29) is 18.1 Å². The van der Waals surface area contributed by atoms with Crippen LogP contribution in [0.5, 0.6) is 5.75 Å². The first-order valence-electron chi connectivity index (χ1n) is 11.7. The van der Waals surface area contributed by atoms with E-state index in [9.17, 15) is 14.4 Å². The number of ether oxygens (including phenoxy) is 1. The number of carbonyl (C=O) groups excluding carboxylic acids is 3. The Morgan fingerprint density at radius 3 is 2.39 bits per heavy atom. The van der Waals surface area contributed by atoms with Crippen molar-refractivity contribution in [2.45, 2.75) is 12.8 Å². The van der Waals surface area contributed by atoms with Crippen molar-refractivity contribution < 1.29 is 19.1 Å². The van der Waals surface area contributed by atoms with Crippen molar-refractivity contribution >= 4 is 34.3 Å². The molecule has 8 nitrogen and oxygen atoms in total. The van der Waals surface area contributed by atoms with Crippen molar-refractivity contribution in [1.29, 1.82) is 0 Å². The Morgan fingerprint density at radius 2 is 1.58 bits per heavy atom. The minimum absolute atomic E-state index is 0.276. The third-order valence-electron chi connectivity index (χ3n) is 5.82. The summed E-state index contributed by atoms with van der Waals surface area (Å²) in [6, 6.07) is 22.2. The van der Waals surface area contributed by atoms with E-state index in [2.05, 4.69) is 20.9 Å². The van der Waals surface area contributed by atoms with Gasteiger partial charge in [0.05, 0.1) is 18.4 Å². The maximum absolute atomic E-state index is 12.7. The molecule has 0 unspecified atom stereocenters. The second-order valence-corrected chi connectivity index (χ2v) is 8.22. The molecular weight excluding hydrogens is 456 g/mol. The molecule has 1 aromatic heterocycles. The molecule has 0 spiro atoms. The maximum Gasteiger partial charge on any atom is 0.313 e. The highest BCUT2D eigenvalue weighted by atomic mass is 16.5. The molecule has 8 heteroatoms. The zero-order valence-corrected chi connectivity index (χ0v) is 20.0. The van der Waals surface area contributed by atoms with E-state index >= 15 is 0 Å². The lowest BCUT2D eigenvalue weighted by atomic mass is 10.1. The number of aromatic nitrogens is 1. The number of nitrogens with one attached hydrogen (secondary N) is 4. The van der Waals surface area contributed by atoms with Gasteiger partial charge in [0.15, 0.2) is 0 Å². The number of para-hydroxylation sites is 1. The van der Waals surface area contributed by atoms with E-state index in [0.717, 1.165) is 27.8 Å². The number of hydrogen-bond donors (Lipinski definition) is 4. The minimum Gasteiger partial charge on any atom is -0.497 e. The Kier molecular flexibility index (Phi) is 7.97. The number of rotatable bonds is 9. The summed E-state index contributed by atoms with van der Waals surface area (Å²) >= 11 is 0. The molecule has 3 amide bonds. The van der Waals surface area contributed by atoms with Crippen LogP contribution < -0.4 is 20.7 Å². The van der Waals surface area contributed by atoms with Gasteiger partial charge in [-0.2, -0.15) is 0 Å². The van der Waals surface area contributed by atoms with Gasteiger partial charge in [-0.15, -0.1) is 0 Å². The van der Waals surface area contributed by atoms with Crippen LogP contribution in [0.2, 0.25) is 0 Å². The van der Waals surface area contributed by atoms with Gasteiger partial charge in [-0.3, -0.25) is 14.4 Å². The number of aromatic amines is 1. The van der Waals surface area contributed by atoms with Gasteiger partial charge in [-0.25, -0.2) is 0 Å². The predicted molar refractivity (Wildman–Crippen MR) is 139 cm³/mol. The van der Waals surface area contributed by atoms with Gasteiger partial charge >= 0.3 is 11.8 Å². The van der Waals surface area contributed by atoms with Gasteiger partial charge in [0.25, 0.3) is 5.91 Å². The summed E-state index contributed by atoms with van der Waals surface area (Å²) in [6.45, 7) is 0.726. The van der Waals surface area contributed by atoms with E-state index in [1.807, 2.05) is 54.7 Å². The Bertz CT molecular complexity index is 1360. The SMILES string of the molecule is COc1ccc2[nH]cc(CCNC(=O)C(=O)Nc3ccccc3C(=O)NCCc3ccccc3)c2c1. The standard InChI is InChI=1S/C28H28N4O4/c1-36-21-11-12-24-23(17-21)20(18-31-24)14-16-30-27(34)28(35)32-25-10-6-5-9-22(25)26(33)29-15-13-19-7-3-2-4-8-19/h2-12,17-18,31H,13-16H2,1H3,(H,29,33)(H,30,34)(H,32,35). The van der Waals surface area contributed by atoms with Gasteiger partial charge in [0.2, 0.25) is 0 Å². The number of benzene rings is 3. The highest BCUT2D eigenvalue weighted by molar-refractivity contribution is 6.40. The van der Waals surface area contributed by atoms with Crippen LogP contribution in [0.15, 0.2) is 79.0 Å². The fourth-order valence-corrected chi connectivity index (χ4v) is 3.91. The molecule has 0 aliphatic heterocycles. The van der Waals surface area contributed by atoms with Crippen molar-refractivity contribution in [2.24, 2.45) is 0 Å². The van der Waals surface area contributed by atoms with Crippen LogP contribution in [0.3, 0.4) is 0 Å². The molecule has 0 bridgehead atoms. The molecule has 4 N–H and O–H groups in total. The number of H-pyrrole nitrogens is 1. The largest absolute Gasteiger partial charge is 0.497 e. The number of amides is 3. The summed E-state index contributed by atoms with van der Waals surface area (Å²) in [6.07, 6.45) is 3.10. The number of carbonyl (C=O) groups is 3. The molecule has 0 aliphatic rings. The van der Waals surface area contributed by atoms with Crippen LogP contribution in [-0.2, 0) is 22.4 Å². The third kappa shape index (κ3) is 6.09. The molecule has 0 saturated heterocycles. The molecule has 3 aromatic carbocycles. The van der Waals surface area contributed by atoms with Crippen LogP contribution in [0, 0.1) is 0 Å². The fraction of sp³-hybridized carbons (Fsp3) is 0.179. The lowest BCUT2D eigenvalue weighted by molar-refractivity contribution is -0.136. The highest BCUT2D eigenvalue weighted by Crippen LogP contribution is 2.23. The van der Waals surface area contributed by atoms with E-state index in [4.69, 9.17) is 4.74 Å². The van der Waals surface area contributed by atoms with Crippen LogP contribution in [0.1, 0.15) is 21.5 Å². The number of fused-ring (bicyclic) bond motifs is 1. The zero-order valence-electron chi connectivity index (χ0n) is 20.0. The van der Waals surface area contributed by atoms with E-state index in [0.29, 0.717) is 24.9 Å². The molecular formula is C28H28N4O4. The Hall–Kier alpha value is -4.59. The molecule has 184 valence electrons. The smallest absolute Gasteiger partial charge is 0.313 e. The average Bonchev–Trinajstić information content (AvgIpc) is 3.31. The van der Waals surface area contributed by atoms with Crippen molar-refractivity contribution in [3.8, 4) is 5.75 Å². The van der Waals surface area contributed by atoms with E-state index in [1.165, 1.54) is 0 Å². The van der Waals surface area contributed by atoms with Gasteiger partial charge in [-0.05, 0) is 54.3 Å². The molecule has 0 fully saturated rings. The molecule has 0 atom stereocenters. The monoisotopic (exact) mass is 484 g/mol. The van der Waals surface area contributed by atoms with Gasteiger partial charge in [0.1, 0.15) is 5.75 Å². The first kappa shape index (κ1) is 24.5. The Morgan fingerprint density at radius 1 is 0.833 bits per heavy atom. The topological polar surface area (TPSA) is 112 Å². The first-order chi connectivity index (χ1) is 17.5. The molecule has 0 aliphatic carbocycles. The van der Waals surface area contributed by atoms with Crippen molar-refractivity contribution in [2.75, 3.05) is 25.5 Å². The molecule has 1 heterocycles. The van der Waals surface area contributed by atoms with Crippen LogP contribution in [-0.4, -0.2) is 42.9 Å². The second kappa shape index (κ2) is 11.7. The van der Waals surface area contributed by atoms with Crippen LogP contribution >= 0.6 is 0 Å². The summed E-state index contributed by atoms with van der Waals surface area (Å²) in [4.78, 5) is 40.8. The summed E-state index contributed by atoms with van der Waals surface area (Å²) in [5.74, 6) is -1.18. The Balaban J connectivity index is 1.30. The molecule has 0 saturated carbocycles. The number of hydrogen-bond acceptors (Lipinski definition) is 4. The number of anilines is 1. The first-order valence-corrected chi connectivity index (χ1v) is 11.7. The predicted octanol–water partition coefficient (Wildman–Crippen LogP) is 3.45. The molecule has 36 heavy (non-hydrogen) atoms. The van der Waals surface area contributed by atoms with E-state index in [1.54, 1.807) is 31.4 Å². The van der Waals surface area contributed by atoms with Crippen LogP contribution in [0.25, 0.3) is 10.9 Å². The summed E-state index contributed by atoms with van der Waals surface area (Å²) in [5, 5.41) is 9.05. The highest BCUT2D eigenvalue weighted by Gasteiger charge is 2.18. The molecule has 4 aromatic rings. The van der Waals surface area contributed by atoms with Crippen molar-refractivity contribution in [3.63, 3.8) is 0 Å². The summed E-state index contributed by atoms with van der Waals surface area (Å²) in [5.41, 5.74) is 3.65. The second-order valence-electron chi connectivity index (χ2n) is 8.22. The van der Waals surface area contributed by atoms with Crippen LogP contribution in [0.4, 0.5) is 5.69 Å². The molecule has 0 radical (unpaired) electrons.